The number of fused-ring (bicyclic) bond motifs is 1. The summed E-state index contributed by atoms with van der Waals surface area (Å²) < 4.78 is 204. The average Bonchev–Trinajstić information content (AvgIpc) is 3.31. The first kappa shape index (κ1) is 19.3. The molecule has 1 aromatic heterocycles. The van der Waals surface area contributed by atoms with Crippen molar-refractivity contribution in [1.82, 2.24) is 19.4 Å². The number of nitrogens with zero attached hydrogens (tertiary/aromatic N) is 4. The van der Waals surface area contributed by atoms with Crippen LogP contribution < -0.4 is 5.56 Å². The van der Waals surface area contributed by atoms with E-state index in [0.29, 0.717) is 18.0 Å². The van der Waals surface area contributed by atoms with Crippen LogP contribution in [-0.2, 0) is 42.5 Å². The Labute approximate surface area is 306 Å². The summed E-state index contributed by atoms with van der Waals surface area (Å²) in [6.45, 7) is -0.340. The van der Waals surface area contributed by atoms with E-state index in [9.17, 15) is 29.9 Å². The summed E-state index contributed by atoms with van der Waals surface area (Å²) in [7, 11) is 0. The van der Waals surface area contributed by atoms with Crippen LogP contribution in [0.25, 0.3) is 11.1 Å². The van der Waals surface area contributed by atoms with Gasteiger partial charge in [0.15, 0.2) is 5.16 Å². The Hall–Kier alpha value is -3.96. The molecule has 1 aliphatic carbocycles. The van der Waals surface area contributed by atoms with Crippen LogP contribution in [0.4, 0.5) is 17.6 Å². The fourth-order valence-corrected chi connectivity index (χ4v) is 5.24. The molecule has 4 aromatic rings. The molecule has 0 saturated carbocycles. The van der Waals surface area contributed by atoms with Gasteiger partial charge < -0.3 is 14.4 Å². The minimum atomic E-state index is -5.17. The second-order valence-corrected chi connectivity index (χ2v) is 11.1. The fourth-order valence-electron chi connectivity index (χ4n) is 4.54. The van der Waals surface area contributed by atoms with Crippen LogP contribution >= 0.6 is 11.8 Å². The molecular formula is C37H40F4N4O2S. The second-order valence-electron chi connectivity index (χ2n) is 10.3. The normalized spacial score (nSPS) is 21.7. The van der Waals surface area contributed by atoms with Crippen molar-refractivity contribution < 1.29 is 45.7 Å². The topological polar surface area (TPSA) is 58.4 Å². The Morgan fingerprint density at radius 1 is 1.02 bits per heavy atom. The minimum Gasteiger partial charge on any atom is -0.336 e. The Balaban J connectivity index is 1.77. The van der Waals surface area contributed by atoms with E-state index in [1.165, 1.54) is 0 Å². The van der Waals surface area contributed by atoms with Gasteiger partial charge in [0.1, 0.15) is 12.3 Å². The van der Waals surface area contributed by atoms with Crippen LogP contribution in [0.3, 0.4) is 0 Å². The summed E-state index contributed by atoms with van der Waals surface area (Å²) in [6, 6.07) is -3.83. The maximum atomic E-state index is 14.9. The molecule has 0 fully saturated rings. The first-order chi connectivity index (χ1) is 29.7. The number of benzene rings is 3. The molecule has 0 N–H and O–H groups in total. The predicted octanol–water partition coefficient (Wildman–Crippen LogP) is 7.53. The Bertz CT molecular complexity index is 2570. The molecule has 1 amide bonds. The van der Waals surface area contributed by atoms with E-state index in [0.717, 1.165) is 31.2 Å². The van der Waals surface area contributed by atoms with E-state index in [1.807, 2.05) is 0 Å². The highest BCUT2D eigenvalue weighted by Gasteiger charge is 2.32. The van der Waals surface area contributed by atoms with Gasteiger partial charge in [-0.05, 0) is 85.1 Å². The van der Waals surface area contributed by atoms with Crippen LogP contribution in [0, 0.1) is 12.7 Å². The molecular weight excluding hydrogens is 640 g/mol. The zero-order valence-electron chi connectivity index (χ0n) is 42.9. The SMILES string of the molecule is [2H]c1c([2H])c(-c2c([2H])c([2H])c(C(F)(F)F)c(C)c2[2H])c([2H])c([2H])c1CN(CCN(CC)CC)C(=O)C([2H])([2H])n1c(SC([2H])([2H])c2ccc(F)cc2)nc(=O)c2c1C([2H])([2H])C([2H])([2H])C2([2H])[2H]. The third-order valence-electron chi connectivity index (χ3n) is 7.17. The maximum absolute atomic E-state index is 14.9. The molecule has 0 spiro atoms. The molecule has 0 unspecified atom stereocenters. The molecule has 254 valence electrons. The second kappa shape index (κ2) is 15.5. The molecule has 0 aliphatic heterocycles. The first-order valence-electron chi connectivity index (χ1n) is 23.1. The van der Waals surface area contributed by atoms with Gasteiger partial charge in [0.2, 0.25) is 5.91 Å². The molecule has 11 heteroatoms. The summed E-state index contributed by atoms with van der Waals surface area (Å²) in [5.41, 5.74) is -12.1. The summed E-state index contributed by atoms with van der Waals surface area (Å²) in [6.07, 6.45) is -16.0. The summed E-state index contributed by atoms with van der Waals surface area (Å²) in [4.78, 5) is 34.6. The van der Waals surface area contributed by atoms with Crippen molar-refractivity contribution in [3.8, 4) is 11.1 Å². The van der Waals surface area contributed by atoms with Gasteiger partial charge in [-0.25, -0.2) is 4.39 Å². The average molecular weight is 698 g/mol. The van der Waals surface area contributed by atoms with E-state index in [-0.39, 0.29) is 28.4 Å². The van der Waals surface area contributed by atoms with E-state index in [2.05, 4.69) is 4.98 Å². The molecule has 1 aliphatic rings. The van der Waals surface area contributed by atoms with E-state index >= 15 is 0 Å². The van der Waals surface area contributed by atoms with Gasteiger partial charge in [0.05, 0.1) is 17.9 Å². The minimum absolute atomic E-state index is 0.0697. The Morgan fingerprint density at radius 3 is 2.38 bits per heavy atom. The molecule has 0 saturated heterocycles. The number of carbonyl (C=O) groups excluding carboxylic acids is 1. The fraction of sp³-hybridized carbons (Fsp3) is 0.378. The van der Waals surface area contributed by atoms with Gasteiger partial charge in [-0.1, -0.05) is 74.0 Å². The van der Waals surface area contributed by atoms with Crippen molar-refractivity contribution in [1.29, 1.82) is 0 Å². The van der Waals surface area contributed by atoms with Gasteiger partial charge in [-0.2, -0.15) is 18.2 Å². The quantitative estimate of drug-likeness (QED) is 0.0822. The number of halogens is 4. The number of likely N-dealkylation sites (N-methyl/N-ethyl adjacent to an activating group) is 1. The largest absolute Gasteiger partial charge is 0.416 e. The maximum Gasteiger partial charge on any atom is 0.416 e. The molecule has 48 heavy (non-hydrogen) atoms. The number of amides is 1. The molecule has 0 bridgehead atoms. The van der Waals surface area contributed by atoms with Gasteiger partial charge in [0.25, 0.3) is 5.56 Å². The van der Waals surface area contributed by atoms with E-state index in [1.54, 1.807) is 18.7 Å². The van der Waals surface area contributed by atoms with Crippen LogP contribution in [-0.4, -0.2) is 51.4 Å². The van der Waals surface area contributed by atoms with Crippen LogP contribution in [0.1, 0.15) is 77.0 Å². The van der Waals surface area contributed by atoms with Gasteiger partial charge in [-0.3, -0.25) is 9.59 Å². The summed E-state index contributed by atoms with van der Waals surface area (Å²) in [5.74, 6) is -2.48. The number of aromatic nitrogens is 2. The number of thioether (sulfide) groups is 1. The zero-order valence-corrected chi connectivity index (χ0v) is 26.7. The van der Waals surface area contributed by atoms with Crippen molar-refractivity contribution >= 4 is 17.7 Å². The highest BCUT2D eigenvalue weighted by molar-refractivity contribution is 7.98. The van der Waals surface area contributed by atoms with Gasteiger partial charge >= 0.3 is 6.18 Å². The zero-order chi connectivity index (χ0) is 49.5. The standard InChI is InChI=1S/C37H40F4N4O2S/c1-4-43(5-2)19-20-44(22-26-9-13-28(14-10-26)29-15-18-32(25(3)21-29)37(39,40)41)34(46)23-45-33-8-6-7-31(33)35(47)42-36(45)48-24-27-11-16-30(38)17-12-27/h9-18,21H,4-8,19-20,22-24H2,1-3H3/i6D2,7D2,8D2,9D,10D,13D,14D,15D,18D,21D,23D2,24D2. The highest BCUT2D eigenvalue weighted by atomic mass is 32.2. The lowest BCUT2D eigenvalue weighted by molar-refractivity contribution is -0.138. The van der Waals surface area contributed by atoms with Crippen molar-refractivity contribution in [2.45, 2.75) is 70.0 Å². The van der Waals surface area contributed by atoms with Crippen LogP contribution in [0.5, 0.6) is 0 Å². The molecule has 3 aromatic carbocycles. The lowest BCUT2D eigenvalue weighted by atomic mass is 9.98. The molecule has 0 radical (unpaired) electrons. The predicted molar refractivity (Wildman–Crippen MR) is 181 cm³/mol. The van der Waals surface area contributed by atoms with E-state index in [4.69, 9.17) is 20.6 Å². The molecule has 1 heterocycles. The lowest BCUT2D eigenvalue weighted by Gasteiger charge is -2.28. The molecule has 5 rings (SSSR count). The van der Waals surface area contributed by atoms with Crippen molar-refractivity contribution in [2.24, 2.45) is 0 Å². The highest BCUT2D eigenvalue weighted by Crippen LogP contribution is 2.34. The van der Waals surface area contributed by atoms with Gasteiger partial charge in [0, 0.05) is 47.6 Å². The number of hydrogen-bond acceptors (Lipinski definition) is 5. The monoisotopic (exact) mass is 697 g/mol. The Morgan fingerprint density at radius 2 is 1.71 bits per heavy atom. The summed E-state index contributed by atoms with van der Waals surface area (Å²) >= 11 is -0.0710. The lowest BCUT2D eigenvalue weighted by Crippen LogP contribution is -2.40. The first-order valence-corrected chi connectivity index (χ1v) is 15.4. The number of rotatable bonds is 13. The third kappa shape index (κ3) is 8.54. The third-order valence-corrected chi connectivity index (χ3v) is 7.96. The Kier molecular flexibility index (Phi) is 6.23. The van der Waals surface area contributed by atoms with Crippen LogP contribution in [0.15, 0.2) is 76.5 Å². The van der Waals surface area contributed by atoms with Crippen molar-refractivity contribution in [2.75, 3.05) is 26.2 Å². The van der Waals surface area contributed by atoms with Gasteiger partial charge in [-0.15, -0.1) is 0 Å². The summed E-state index contributed by atoms with van der Waals surface area (Å²) in [5, 5.41) is -1.09. The molecule has 0 atom stereocenters. The van der Waals surface area contributed by atoms with E-state index < -0.39 is 154 Å². The smallest absolute Gasteiger partial charge is 0.336 e. The number of carbonyl (C=O) groups is 1. The molecule has 6 nitrogen and oxygen atoms in total. The van der Waals surface area contributed by atoms with Crippen molar-refractivity contribution in [3.05, 3.63) is 116 Å². The van der Waals surface area contributed by atoms with Crippen molar-refractivity contribution in [3.63, 3.8) is 0 Å². The number of hydrogen-bond donors (Lipinski definition) is 0. The number of alkyl halides is 3. The van der Waals surface area contributed by atoms with Crippen LogP contribution in [0.2, 0.25) is 0 Å².